The van der Waals surface area contributed by atoms with Crippen LogP contribution in [0.5, 0.6) is 0 Å². The highest BCUT2D eigenvalue weighted by Crippen LogP contribution is 2.16. The maximum atomic E-state index is 13.4. The van der Waals surface area contributed by atoms with Gasteiger partial charge in [0, 0.05) is 6.20 Å². The van der Waals surface area contributed by atoms with Crippen LogP contribution in [0.15, 0.2) is 23.4 Å². The third kappa shape index (κ3) is 3.69. The molecule has 0 saturated heterocycles. The van der Waals surface area contributed by atoms with E-state index in [1.807, 2.05) is 0 Å². The second-order valence-electron chi connectivity index (χ2n) is 3.35. The molecule has 104 valence electrons. The number of hydrogen-bond acceptors (Lipinski definition) is 5. The number of aromatic nitrogens is 1. The Labute approximate surface area is 107 Å². The smallest absolute Gasteiger partial charge is 0.318 e. The molecular weight excluding hydrogens is 283 g/mol. The molecule has 19 heavy (non-hydrogen) atoms. The average molecular weight is 292 g/mol. The standard InChI is InChI=1S/C9H9FN2O6S/c10-6-2-1-3-11-9(6)19(17,18)12(4-7(13)14)5-8(15)16/h1-3H,4-5H2,(H,13,14)(H,15,16). The zero-order valence-electron chi connectivity index (χ0n) is 9.35. The van der Waals surface area contributed by atoms with E-state index in [9.17, 15) is 22.4 Å². The van der Waals surface area contributed by atoms with E-state index in [1.54, 1.807) is 0 Å². The van der Waals surface area contributed by atoms with Gasteiger partial charge in [-0.25, -0.2) is 17.8 Å². The number of carboxylic acid groups (broad SMARTS) is 2. The summed E-state index contributed by atoms with van der Waals surface area (Å²) in [7, 11) is -4.64. The lowest BCUT2D eigenvalue weighted by Crippen LogP contribution is -2.40. The van der Waals surface area contributed by atoms with Crippen molar-refractivity contribution in [1.29, 1.82) is 0 Å². The second kappa shape index (κ2) is 5.71. The predicted molar refractivity (Wildman–Crippen MR) is 58.2 cm³/mol. The summed E-state index contributed by atoms with van der Waals surface area (Å²) < 4.78 is 37.3. The first-order valence-corrected chi connectivity index (χ1v) is 6.23. The zero-order chi connectivity index (χ0) is 14.6. The van der Waals surface area contributed by atoms with E-state index in [2.05, 4.69) is 4.98 Å². The normalized spacial score (nSPS) is 11.5. The van der Waals surface area contributed by atoms with Crippen molar-refractivity contribution >= 4 is 22.0 Å². The van der Waals surface area contributed by atoms with E-state index < -0.39 is 45.9 Å². The summed E-state index contributed by atoms with van der Waals surface area (Å²) >= 11 is 0. The Balaban J connectivity index is 3.23. The van der Waals surface area contributed by atoms with Crippen molar-refractivity contribution in [2.75, 3.05) is 13.1 Å². The molecule has 1 aromatic rings. The molecule has 0 saturated carbocycles. The molecule has 1 heterocycles. The number of nitrogens with zero attached hydrogens (tertiary/aromatic N) is 2. The molecule has 0 bridgehead atoms. The monoisotopic (exact) mass is 292 g/mol. The van der Waals surface area contributed by atoms with Crippen LogP contribution in [-0.4, -0.2) is 52.9 Å². The van der Waals surface area contributed by atoms with Gasteiger partial charge in [-0.3, -0.25) is 9.59 Å². The van der Waals surface area contributed by atoms with Crippen molar-refractivity contribution in [2.24, 2.45) is 0 Å². The highest BCUT2D eigenvalue weighted by molar-refractivity contribution is 7.89. The molecule has 0 radical (unpaired) electrons. The van der Waals surface area contributed by atoms with Crippen LogP contribution < -0.4 is 0 Å². The molecule has 2 N–H and O–H groups in total. The molecule has 8 nitrogen and oxygen atoms in total. The van der Waals surface area contributed by atoms with Crippen molar-refractivity contribution in [2.45, 2.75) is 5.03 Å². The number of sulfonamides is 1. The largest absolute Gasteiger partial charge is 0.480 e. The Kier molecular flexibility index (Phi) is 4.51. The topological polar surface area (TPSA) is 125 Å². The summed E-state index contributed by atoms with van der Waals surface area (Å²) in [5, 5.41) is 16.1. The SMILES string of the molecule is O=C(O)CN(CC(=O)O)S(=O)(=O)c1ncccc1F. The van der Waals surface area contributed by atoms with Gasteiger partial charge in [-0.2, -0.15) is 4.31 Å². The molecule has 0 amide bonds. The highest BCUT2D eigenvalue weighted by Gasteiger charge is 2.31. The second-order valence-corrected chi connectivity index (χ2v) is 5.20. The van der Waals surface area contributed by atoms with Crippen LogP contribution in [0.25, 0.3) is 0 Å². The first-order valence-electron chi connectivity index (χ1n) is 4.79. The average Bonchev–Trinajstić information content (AvgIpc) is 2.27. The van der Waals surface area contributed by atoms with Crippen LogP contribution >= 0.6 is 0 Å². The number of pyridine rings is 1. The van der Waals surface area contributed by atoms with Gasteiger partial charge in [0.2, 0.25) is 5.03 Å². The first-order chi connectivity index (χ1) is 8.75. The molecule has 1 aromatic heterocycles. The van der Waals surface area contributed by atoms with Gasteiger partial charge in [0.05, 0.1) is 0 Å². The summed E-state index contributed by atoms with van der Waals surface area (Å²) in [6, 6.07) is 1.96. The summed E-state index contributed by atoms with van der Waals surface area (Å²) in [6.45, 7) is -2.21. The number of carbonyl (C=O) groups is 2. The van der Waals surface area contributed by atoms with Gasteiger partial charge in [0.15, 0.2) is 5.82 Å². The van der Waals surface area contributed by atoms with Gasteiger partial charge < -0.3 is 10.2 Å². The summed E-state index contributed by atoms with van der Waals surface area (Å²) in [5.41, 5.74) is 0. The number of hydrogen-bond donors (Lipinski definition) is 2. The lowest BCUT2D eigenvalue weighted by Gasteiger charge is -2.17. The summed E-state index contributed by atoms with van der Waals surface area (Å²) in [5.74, 6) is -4.33. The van der Waals surface area contributed by atoms with Gasteiger partial charge in [0.1, 0.15) is 13.1 Å². The van der Waals surface area contributed by atoms with Crippen molar-refractivity contribution in [1.82, 2.24) is 9.29 Å². The van der Waals surface area contributed by atoms with E-state index >= 15 is 0 Å². The number of aliphatic carboxylic acids is 2. The van der Waals surface area contributed by atoms with E-state index in [1.165, 1.54) is 0 Å². The third-order valence-corrected chi connectivity index (χ3v) is 3.66. The molecular formula is C9H9FN2O6S. The molecule has 0 aliphatic carbocycles. The van der Waals surface area contributed by atoms with E-state index in [-0.39, 0.29) is 4.31 Å². The molecule has 1 rings (SSSR count). The van der Waals surface area contributed by atoms with Gasteiger partial charge in [-0.15, -0.1) is 0 Å². The number of carboxylic acids is 2. The molecule has 0 aromatic carbocycles. The molecule has 0 atom stereocenters. The highest BCUT2D eigenvalue weighted by atomic mass is 32.2. The van der Waals surface area contributed by atoms with E-state index in [0.29, 0.717) is 0 Å². The molecule has 0 aliphatic rings. The first kappa shape index (κ1) is 15.0. The van der Waals surface area contributed by atoms with Crippen molar-refractivity contribution in [3.63, 3.8) is 0 Å². The minimum atomic E-state index is -4.64. The summed E-state index contributed by atoms with van der Waals surface area (Å²) in [6.07, 6.45) is 0.996. The number of halogens is 1. The Morgan fingerprint density at radius 1 is 1.26 bits per heavy atom. The molecule has 10 heteroatoms. The number of rotatable bonds is 6. The van der Waals surface area contributed by atoms with Crippen LogP contribution in [0.3, 0.4) is 0 Å². The maximum Gasteiger partial charge on any atom is 0.318 e. The van der Waals surface area contributed by atoms with Gasteiger partial charge in [-0.05, 0) is 12.1 Å². The van der Waals surface area contributed by atoms with Crippen LogP contribution in [0.2, 0.25) is 0 Å². The molecule has 0 fully saturated rings. The predicted octanol–water partition coefficient (Wildman–Crippen LogP) is -0.619. The minimum absolute atomic E-state index is 0.114. The van der Waals surface area contributed by atoms with Crippen molar-refractivity contribution in [3.05, 3.63) is 24.1 Å². The van der Waals surface area contributed by atoms with Crippen LogP contribution in [0, 0.1) is 5.82 Å². The van der Waals surface area contributed by atoms with Crippen molar-refractivity contribution in [3.8, 4) is 0 Å². The van der Waals surface area contributed by atoms with Gasteiger partial charge >= 0.3 is 11.9 Å². The molecule has 0 spiro atoms. The maximum absolute atomic E-state index is 13.4. The lowest BCUT2D eigenvalue weighted by molar-refractivity contribution is -0.139. The minimum Gasteiger partial charge on any atom is -0.480 e. The van der Waals surface area contributed by atoms with E-state index in [0.717, 1.165) is 18.3 Å². The van der Waals surface area contributed by atoms with Crippen LogP contribution in [0.1, 0.15) is 0 Å². The van der Waals surface area contributed by atoms with Crippen molar-refractivity contribution < 1.29 is 32.6 Å². The Hall–Kier alpha value is -2.07. The van der Waals surface area contributed by atoms with Crippen LogP contribution in [-0.2, 0) is 19.6 Å². The van der Waals surface area contributed by atoms with E-state index in [4.69, 9.17) is 10.2 Å². The Bertz CT molecular complexity index is 586. The van der Waals surface area contributed by atoms with Gasteiger partial charge in [-0.1, -0.05) is 0 Å². The summed E-state index contributed by atoms with van der Waals surface area (Å²) in [4.78, 5) is 24.4. The fraction of sp³-hybridized carbons (Fsp3) is 0.222. The fourth-order valence-corrected chi connectivity index (χ4v) is 2.52. The lowest BCUT2D eigenvalue weighted by atomic mass is 10.5. The third-order valence-electron chi connectivity index (χ3n) is 1.93. The van der Waals surface area contributed by atoms with Crippen LogP contribution in [0.4, 0.5) is 4.39 Å². The van der Waals surface area contributed by atoms with Gasteiger partial charge in [0.25, 0.3) is 10.0 Å². The Morgan fingerprint density at radius 3 is 2.21 bits per heavy atom. The molecule has 0 aliphatic heterocycles. The fourth-order valence-electron chi connectivity index (χ4n) is 1.21. The molecule has 0 unspecified atom stereocenters. The quantitative estimate of drug-likeness (QED) is 0.715. The zero-order valence-corrected chi connectivity index (χ0v) is 10.2. The Morgan fingerprint density at radius 2 is 1.79 bits per heavy atom.